The minimum Gasteiger partial charge on any atom is -0.211 e. The Balaban J connectivity index is 2.17. The summed E-state index contributed by atoms with van der Waals surface area (Å²) >= 11 is 0. The highest BCUT2D eigenvalue weighted by molar-refractivity contribution is 8.06. The molecule has 0 spiro atoms. The highest BCUT2D eigenvalue weighted by atomic mass is 32.3. The fourth-order valence-electron chi connectivity index (χ4n) is 2.09. The molecule has 0 radical (unpaired) electrons. The van der Waals surface area contributed by atoms with Crippen LogP contribution in [0.5, 0.6) is 0 Å². The van der Waals surface area contributed by atoms with Crippen LogP contribution in [0.15, 0.2) is 70.5 Å². The number of nitrogens with zero attached hydrogens (tertiary/aromatic N) is 1. The summed E-state index contributed by atoms with van der Waals surface area (Å²) < 4.78 is 99.4. The van der Waals surface area contributed by atoms with Crippen molar-refractivity contribution in [2.45, 2.75) is 9.79 Å². The molecule has 14 heteroatoms. The number of benzene rings is 2. The van der Waals surface area contributed by atoms with Crippen molar-refractivity contribution in [2.75, 3.05) is 18.6 Å². The molecule has 0 aliphatic carbocycles. The molecule has 0 aromatic heterocycles. The Morgan fingerprint density at radius 3 is 1.62 bits per heavy atom. The van der Waals surface area contributed by atoms with Gasteiger partial charge in [-0.05, 0) is 24.3 Å². The topological polar surface area (TPSA) is 152 Å². The van der Waals surface area contributed by atoms with Gasteiger partial charge < -0.3 is 0 Å². The minimum absolute atomic E-state index is 0.0660. The van der Waals surface area contributed by atoms with Crippen LogP contribution < -0.4 is 4.13 Å². The van der Waals surface area contributed by atoms with Gasteiger partial charge in [-0.15, -0.1) is 4.13 Å². The van der Waals surface area contributed by atoms with Gasteiger partial charge in [0.1, 0.15) is 0 Å². The van der Waals surface area contributed by atoms with Gasteiger partial charge in [-0.25, -0.2) is 33.7 Å². The quantitative estimate of drug-likeness (QED) is 0.522. The zero-order valence-electron chi connectivity index (χ0n) is 15.0. The first-order valence-corrected chi connectivity index (χ1v) is 14.0. The maximum Gasteiger partial charge on any atom is 0.255 e. The average Bonchev–Trinajstić information content (AvgIpc) is 2.66. The van der Waals surface area contributed by atoms with E-state index in [1.54, 1.807) is 6.07 Å². The smallest absolute Gasteiger partial charge is 0.211 e. The van der Waals surface area contributed by atoms with Crippen LogP contribution in [0, 0.1) is 0 Å². The zero-order valence-corrected chi connectivity index (χ0v) is 18.3. The second kappa shape index (κ2) is 8.49. The van der Waals surface area contributed by atoms with E-state index in [0.717, 1.165) is 19.2 Å². The van der Waals surface area contributed by atoms with Gasteiger partial charge in [0.2, 0.25) is 20.0 Å². The predicted octanol–water partition coefficient (Wildman–Crippen LogP) is -0.0548. The molecule has 0 fully saturated rings. The maximum atomic E-state index is 12.4. The molecule has 0 aliphatic heterocycles. The van der Waals surface area contributed by atoms with Crippen LogP contribution in [0.1, 0.15) is 0 Å². The molecule has 0 bridgehead atoms. The number of rotatable bonds is 9. The van der Waals surface area contributed by atoms with Crippen LogP contribution in [0.2, 0.25) is 0 Å². The molecule has 0 aliphatic rings. The maximum absolute atomic E-state index is 12.4. The Labute approximate surface area is 170 Å². The minimum atomic E-state index is -4.60. The van der Waals surface area contributed by atoms with Crippen molar-refractivity contribution in [3.8, 4) is 0 Å². The summed E-state index contributed by atoms with van der Waals surface area (Å²) in [5.74, 6) is -2.30. The Kier molecular flexibility index (Phi) is 6.86. The Morgan fingerprint density at radius 1 is 0.690 bits per heavy atom. The van der Waals surface area contributed by atoms with Crippen molar-refractivity contribution < 1.29 is 33.7 Å². The fraction of sp³-hybridized carbons (Fsp3) is 0.200. The van der Waals surface area contributed by atoms with Gasteiger partial charge in [-0.1, -0.05) is 40.1 Å². The van der Waals surface area contributed by atoms with Crippen molar-refractivity contribution in [2.24, 2.45) is 0 Å². The lowest BCUT2D eigenvalue weighted by Gasteiger charge is -2.17. The van der Waals surface area contributed by atoms with E-state index >= 15 is 0 Å². The van der Waals surface area contributed by atoms with Crippen LogP contribution in [-0.2, 0) is 40.1 Å². The summed E-state index contributed by atoms with van der Waals surface area (Å²) in [6, 6.07) is 13.3. The molecule has 10 nitrogen and oxygen atoms in total. The second-order valence-electron chi connectivity index (χ2n) is 5.73. The molecule has 2 aromatic rings. The highest BCUT2D eigenvalue weighted by Crippen LogP contribution is 2.17. The van der Waals surface area contributed by atoms with E-state index in [9.17, 15) is 33.7 Å². The molecule has 2 rings (SSSR count). The Bertz CT molecular complexity index is 1270. The molecule has 1 N–H and O–H groups in total. The van der Waals surface area contributed by atoms with Gasteiger partial charge in [0.25, 0.3) is 20.0 Å². The van der Waals surface area contributed by atoms with E-state index in [2.05, 4.69) is 0 Å². The van der Waals surface area contributed by atoms with E-state index < -0.39 is 51.6 Å². The largest absolute Gasteiger partial charge is 0.255 e. The van der Waals surface area contributed by atoms with E-state index in [1.165, 1.54) is 46.6 Å². The molecule has 29 heavy (non-hydrogen) atoms. The van der Waals surface area contributed by atoms with Crippen LogP contribution in [0.25, 0.3) is 0 Å². The van der Waals surface area contributed by atoms with Gasteiger partial charge >= 0.3 is 0 Å². The van der Waals surface area contributed by atoms with Crippen molar-refractivity contribution >= 4 is 40.1 Å². The van der Waals surface area contributed by atoms with E-state index in [4.69, 9.17) is 0 Å². The molecule has 0 saturated heterocycles. The third-order valence-electron chi connectivity index (χ3n) is 3.67. The molecular formula is C15H18N2O8S4. The van der Waals surface area contributed by atoms with Crippen molar-refractivity contribution in [3.05, 3.63) is 60.7 Å². The Hall–Kier alpha value is -1.84. The summed E-state index contributed by atoms with van der Waals surface area (Å²) in [5.41, 5.74) is 0. The fourth-order valence-corrected chi connectivity index (χ4v) is 9.11. The summed E-state index contributed by atoms with van der Waals surface area (Å²) in [6.07, 6.45) is 0. The normalized spacial score (nSPS) is 13.4. The molecule has 0 unspecified atom stereocenters. The van der Waals surface area contributed by atoms with Gasteiger partial charge in [-0.2, -0.15) is 0 Å². The van der Waals surface area contributed by atoms with Crippen molar-refractivity contribution in [1.29, 1.82) is 0 Å². The van der Waals surface area contributed by atoms with Crippen molar-refractivity contribution in [3.63, 3.8) is 0 Å². The first-order valence-electron chi connectivity index (χ1n) is 7.86. The number of hydrogen-bond acceptors (Lipinski definition) is 8. The number of sulfonamides is 4. The molecule has 0 amide bonds. The number of nitrogens with one attached hydrogen (secondary N) is 1. The summed E-state index contributed by atoms with van der Waals surface area (Å²) in [6.45, 7) is 0. The number of hydrogen-bond donors (Lipinski definition) is 1. The zero-order chi connectivity index (χ0) is 21.9. The molecule has 2 aromatic carbocycles. The lowest BCUT2D eigenvalue weighted by Crippen LogP contribution is -2.39. The molecule has 160 valence electrons. The third kappa shape index (κ3) is 5.83. The van der Waals surface area contributed by atoms with Crippen LogP contribution in [0.4, 0.5) is 0 Å². The second-order valence-corrected chi connectivity index (χ2v) is 13.8. The SMILES string of the molecule is CN(S(=O)(=O)CCS(=O)(=O)NS(=O)(=O)c1ccccc1)S(=O)(=O)c1ccccc1. The summed E-state index contributed by atoms with van der Waals surface area (Å²) in [7, 11) is -17.3. The van der Waals surface area contributed by atoms with Crippen LogP contribution in [-0.4, -0.2) is 55.9 Å². The van der Waals surface area contributed by atoms with Gasteiger partial charge in [0, 0.05) is 7.05 Å². The average molecular weight is 483 g/mol. The van der Waals surface area contributed by atoms with E-state index in [0.29, 0.717) is 0 Å². The lowest BCUT2D eigenvalue weighted by atomic mass is 10.4. The van der Waals surface area contributed by atoms with Crippen LogP contribution >= 0.6 is 0 Å². The summed E-state index contributed by atoms with van der Waals surface area (Å²) in [4.78, 5) is -0.617. The van der Waals surface area contributed by atoms with Crippen molar-refractivity contribution in [1.82, 2.24) is 7.84 Å². The molecule has 0 saturated carbocycles. The van der Waals surface area contributed by atoms with Gasteiger partial charge in [-0.3, -0.25) is 0 Å². The monoisotopic (exact) mass is 482 g/mol. The standard InChI is InChI=1S/C15H18N2O8S4/c1-17(29(24,25)15-10-6-3-7-11-15)27(20,21)13-12-26(18,19)16-28(22,23)14-8-4-2-5-9-14/h2-11,16H,12-13H2,1H3. The first-order chi connectivity index (χ1) is 13.3. The van der Waals surface area contributed by atoms with Gasteiger partial charge in [0.15, 0.2) is 0 Å². The Morgan fingerprint density at radius 2 is 1.14 bits per heavy atom. The first kappa shape index (κ1) is 23.4. The van der Waals surface area contributed by atoms with E-state index in [1.807, 2.05) is 0 Å². The molecular weight excluding hydrogens is 464 g/mol. The predicted molar refractivity (Wildman–Crippen MR) is 106 cm³/mol. The molecule has 0 atom stereocenters. The lowest BCUT2D eigenvalue weighted by molar-refractivity contribution is 0.525. The summed E-state index contributed by atoms with van der Waals surface area (Å²) in [5, 5.41) is 0. The molecule has 0 heterocycles. The van der Waals surface area contributed by atoms with E-state index in [-0.39, 0.29) is 13.5 Å². The van der Waals surface area contributed by atoms with Crippen LogP contribution in [0.3, 0.4) is 0 Å². The highest BCUT2D eigenvalue weighted by Gasteiger charge is 2.33. The van der Waals surface area contributed by atoms with Gasteiger partial charge in [0.05, 0.1) is 21.3 Å². The third-order valence-corrected chi connectivity index (χ3v) is 11.8.